The lowest BCUT2D eigenvalue weighted by atomic mass is 9.50. The monoisotopic (exact) mass is 431 g/mol. The summed E-state index contributed by atoms with van der Waals surface area (Å²) in [6.07, 6.45) is 8.33. The first kappa shape index (κ1) is 22.7. The number of carbonyl (C=O) groups is 1. The van der Waals surface area contributed by atoms with Gasteiger partial charge in [0, 0.05) is 24.0 Å². The molecule has 4 rings (SSSR count). The Morgan fingerprint density at radius 2 is 1.83 bits per heavy atom. The van der Waals surface area contributed by atoms with Crippen LogP contribution < -0.4 is 0 Å². The summed E-state index contributed by atoms with van der Waals surface area (Å²) in [5, 5.41) is 11.0. The highest BCUT2D eigenvalue weighted by atomic mass is 28.3. The number of allylic oxidation sites excluding steroid dienone is 1. The third-order valence-corrected chi connectivity index (χ3v) is 10.6. The Labute approximate surface area is 185 Å². The van der Waals surface area contributed by atoms with Gasteiger partial charge in [0.05, 0.1) is 6.10 Å². The maximum atomic E-state index is 13.1. The maximum Gasteiger partial charge on any atom is 0.204 e. The number of fused-ring (bicyclic) bond motifs is 5. The predicted octanol–water partition coefficient (Wildman–Crippen LogP) is 5.79. The van der Waals surface area contributed by atoms with E-state index in [1.54, 1.807) is 0 Å². The summed E-state index contributed by atoms with van der Waals surface area (Å²) in [5.74, 6) is 3.51. The average Bonchev–Trinajstić information content (AvgIpc) is 3.02. The zero-order valence-corrected chi connectivity index (χ0v) is 21.1. The number of hydrogen-bond donors (Lipinski definition) is 1. The molecule has 0 aromatic heterocycles. The fourth-order valence-electron chi connectivity index (χ4n) is 7.69. The predicted molar refractivity (Wildman–Crippen MR) is 123 cm³/mol. The summed E-state index contributed by atoms with van der Waals surface area (Å²) in [4.78, 5) is 13.1. The zero-order valence-electron chi connectivity index (χ0n) is 20.1. The first-order valence-electron chi connectivity index (χ1n) is 12.5. The van der Waals surface area contributed by atoms with Crippen molar-refractivity contribution in [2.75, 3.05) is 6.61 Å². The molecule has 0 saturated heterocycles. The Morgan fingerprint density at radius 3 is 2.50 bits per heavy atom. The van der Waals surface area contributed by atoms with Crippen molar-refractivity contribution < 1.29 is 14.3 Å². The van der Waals surface area contributed by atoms with Crippen molar-refractivity contribution in [2.24, 2.45) is 40.4 Å². The number of rotatable bonds is 5. The minimum atomic E-state index is -0.741. The molecule has 30 heavy (non-hydrogen) atoms. The molecule has 0 bridgehead atoms. The molecule has 169 valence electrons. The Bertz CT molecular complexity index is 709. The van der Waals surface area contributed by atoms with E-state index in [2.05, 4.69) is 40.8 Å². The Hall–Kier alpha value is -0.453. The molecule has 3 fully saturated rings. The Balaban J connectivity index is 1.65. The average molecular weight is 432 g/mol. The number of hydrogen-bond acceptors (Lipinski definition) is 3. The Kier molecular flexibility index (Phi) is 6.18. The van der Waals surface area contributed by atoms with Gasteiger partial charge in [0.2, 0.25) is 9.04 Å². The first-order chi connectivity index (χ1) is 14.1. The molecular weight excluding hydrogens is 388 g/mol. The third-order valence-electron chi connectivity index (χ3n) is 9.87. The molecule has 4 aliphatic rings. The molecule has 3 saturated carbocycles. The van der Waals surface area contributed by atoms with Crippen LogP contribution >= 0.6 is 0 Å². The van der Waals surface area contributed by atoms with Gasteiger partial charge in [-0.05, 0) is 93.0 Å². The molecule has 0 unspecified atom stereocenters. The summed E-state index contributed by atoms with van der Waals surface area (Å²) in [5.41, 5.74) is 2.69. The summed E-state index contributed by atoms with van der Waals surface area (Å²) < 4.78 is 6.23. The van der Waals surface area contributed by atoms with Crippen LogP contribution in [-0.2, 0) is 9.22 Å². The van der Waals surface area contributed by atoms with Crippen LogP contribution in [0.3, 0.4) is 0 Å². The first-order valence-corrected chi connectivity index (χ1v) is 14.9. The normalized spacial score (nSPS) is 39.4. The topological polar surface area (TPSA) is 46.5 Å². The molecule has 0 amide bonds. The van der Waals surface area contributed by atoms with Crippen LogP contribution in [0.5, 0.6) is 0 Å². The summed E-state index contributed by atoms with van der Waals surface area (Å²) in [6, 6.07) is 0. The van der Waals surface area contributed by atoms with Crippen LogP contribution in [0.25, 0.3) is 0 Å². The van der Waals surface area contributed by atoms with E-state index in [-0.39, 0.29) is 16.9 Å². The van der Waals surface area contributed by atoms with Crippen LogP contribution in [-0.4, -0.2) is 32.6 Å². The van der Waals surface area contributed by atoms with Crippen LogP contribution in [0.15, 0.2) is 11.1 Å². The van der Waals surface area contributed by atoms with Crippen molar-refractivity contribution in [1.82, 2.24) is 0 Å². The highest BCUT2D eigenvalue weighted by molar-refractivity contribution is 6.48. The van der Waals surface area contributed by atoms with Gasteiger partial charge >= 0.3 is 0 Å². The molecule has 0 aromatic rings. The number of carbonyl (C=O) groups excluding carboxylic acids is 1. The van der Waals surface area contributed by atoms with E-state index in [4.69, 9.17) is 4.43 Å². The van der Waals surface area contributed by atoms with E-state index in [0.717, 1.165) is 45.1 Å². The molecular formula is C26H43O3Si. The smallest absolute Gasteiger partial charge is 0.204 e. The Morgan fingerprint density at radius 1 is 1.10 bits per heavy atom. The van der Waals surface area contributed by atoms with Gasteiger partial charge < -0.3 is 9.53 Å². The van der Waals surface area contributed by atoms with Crippen molar-refractivity contribution in [3.63, 3.8) is 0 Å². The zero-order chi connectivity index (χ0) is 21.8. The molecule has 0 heterocycles. The van der Waals surface area contributed by atoms with Crippen molar-refractivity contribution in [2.45, 2.75) is 98.3 Å². The van der Waals surface area contributed by atoms with Crippen LogP contribution in [0.4, 0.5) is 0 Å². The molecule has 6 atom stereocenters. The van der Waals surface area contributed by atoms with E-state index >= 15 is 0 Å². The fourth-order valence-corrected chi connectivity index (χ4v) is 8.24. The van der Waals surface area contributed by atoms with Gasteiger partial charge in [-0.1, -0.05) is 33.3 Å². The maximum absolute atomic E-state index is 13.1. The second-order valence-electron chi connectivity index (χ2n) is 11.9. The van der Waals surface area contributed by atoms with Gasteiger partial charge in [0.25, 0.3) is 0 Å². The van der Waals surface area contributed by atoms with Gasteiger partial charge in [0.15, 0.2) is 5.78 Å². The molecule has 3 nitrogen and oxygen atoms in total. The van der Waals surface area contributed by atoms with E-state index in [9.17, 15) is 9.90 Å². The van der Waals surface area contributed by atoms with Crippen LogP contribution in [0.2, 0.25) is 13.1 Å². The van der Waals surface area contributed by atoms with Gasteiger partial charge in [-0.15, -0.1) is 0 Å². The van der Waals surface area contributed by atoms with Gasteiger partial charge in [0.1, 0.15) is 0 Å². The van der Waals surface area contributed by atoms with E-state index in [0.29, 0.717) is 35.4 Å². The number of aliphatic hydroxyl groups excluding tert-OH is 1. The quantitative estimate of drug-likeness (QED) is 0.560. The van der Waals surface area contributed by atoms with Crippen LogP contribution in [0.1, 0.15) is 79.1 Å². The standard InChI is InChI=1S/C26H43O3Si/c1-16(2)25(3,4)24-20-8-7-19-18(17(20)9-11-22(24)27)13-14-26(15-29-30(5)6)21(19)10-12-23(26)28/h16-19,21,23,28H,7-15H2,1-6H3/t17-,18-,19-,21+,23+,26-/m1/s1. The molecule has 1 N–H and O–H groups in total. The highest BCUT2D eigenvalue weighted by Gasteiger charge is 2.59. The molecule has 1 radical (unpaired) electrons. The van der Waals surface area contributed by atoms with Gasteiger partial charge in [-0.25, -0.2) is 0 Å². The highest BCUT2D eigenvalue weighted by Crippen LogP contribution is 2.63. The van der Waals surface area contributed by atoms with Crippen molar-refractivity contribution in [1.29, 1.82) is 0 Å². The van der Waals surface area contributed by atoms with E-state index < -0.39 is 9.04 Å². The minimum absolute atomic E-state index is 0.00512. The lowest BCUT2D eigenvalue weighted by Gasteiger charge is -2.55. The fraction of sp³-hybridized carbons (Fsp3) is 0.885. The lowest BCUT2D eigenvalue weighted by Crippen LogP contribution is -2.52. The minimum Gasteiger partial charge on any atom is -0.417 e. The van der Waals surface area contributed by atoms with Crippen molar-refractivity contribution in [3.05, 3.63) is 11.1 Å². The van der Waals surface area contributed by atoms with E-state index in [1.807, 2.05) is 0 Å². The van der Waals surface area contributed by atoms with Gasteiger partial charge in [-0.2, -0.15) is 0 Å². The largest absolute Gasteiger partial charge is 0.417 e. The second kappa shape index (κ2) is 8.15. The molecule has 4 aliphatic carbocycles. The molecule has 0 aromatic carbocycles. The molecule has 0 spiro atoms. The van der Waals surface area contributed by atoms with Crippen molar-refractivity contribution >= 4 is 14.8 Å². The van der Waals surface area contributed by atoms with Crippen LogP contribution in [0, 0.1) is 40.4 Å². The molecule has 4 heteroatoms. The number of Topliss-reactive ketones (excluding diaryl/α,β-unsaturated/α-hetero) is 1. The lowest BCUT2D eigenvalue weighted by molar-refractivity contribution is -0.119. The van der Waals surface area contributed by atoms with E-state index in [1.165, 1.54) is 24.0 Å². The number of ketones is 1. The number of aliphatic hydroxyl groups is 1. The molecule has 0 aliphatic heterocycles. The summed E-state index contributed by atoms with van der Waals surface area (Å²) >= 11 is 0. The summed E-state index contributed by atoms with van der Waals surface area (Å²) in [6.45, 7) is 14.3. The third kappa shape index (κ3) is 3.49. The SMILES string of the molecule is CC(C)C(C)(C)C1=C2CC[C@@H]3[C@H](CC[C@]4(CO[Si](C)C)[C@@H](O)CC[C@@H]34)[C@H]2CCC1=O. The second-order valence-corrected chi connectivity index (χ2v) is 14.0. The van der Waals surface area contributed by atoms with Gasteiger partial charge in [-0.3, -0.25) is 4.79 Å². The summed E-state index contributed by atoms with van der Waals surface area (Å²) in [7, 11) is -0.741. The van der Waals surface area contributed by atoms with Crippen molar-refractivity contribution in [3.8, 4) is 0 Å².